The lowest BCUT2D eigenvalue weighted by molar-refractivity contribution is -0.131. The first-order valence-corrected chi connectivity index (χ1v) is 8.72. The van der Waals surface area contributed by atoms with E-state index in [1.54, 1.807) is 6.21 Å². The summed E-state index contributed by atoms with van der Waals surface area (Å²) in [6.07, 6.45) is 9.28. The number of carbonyl (C=O) groups excluding carboxylic acids is 1. The van der Waals surface area contributed by atoms with Gasteiger partial charge in [-0.05, 0) is 61.8 Å². The number of rotatable bonds is 5. The van der Waals surface area contributed by atoms with Crippen LogP contribution in [-0.4, -0.2) is 24.3 Å². The summed E-state index contributed by atoms with van der Waals surface area (Å²) in [5.74, 6) is 2.47. The number of carbonyl (C=O) groups is 1. The minimum absolute atomic E-state index is 0.00504. The van der Waals surface area contributed by atoms with E-state index in [2.05, 4.69) is 10.5 Å². The van der Waals surface area contributed by atoms with Gasteiger partial charge < -0.3 is 10.2 Å². The van der Waals surface area contributed by atoms with E-state index in [4.69, 9.17) is 4.84 Å². The van der Waals surface area contributed by atoms with Gasteiger partial charge in [0, 0.05) is 5.54 Å². The van der Waals surface area contributed by atoms with Crippen molar-refractivity contribution in [1.82, 2.24) is 5.32 Å². The van der Waals surface area contributed by atoms with Crippen molar-refractivity contribution in [2.45, 2.75) is 44.1 Å². The molecule has 0 heterocycles. The van der Waals surface area contributed by atoms with Gasteiger partial charge in [0.05, 0.1) is 6.21 Å². The zero-order valence-corrected chi connectivity index (χ0v) is 13.4. The molecule has 0 aliphatic heterocycles. The van der Waals surface area contributed by atoms with E-state index in [0.29, 0.717) is 0 Å². The number of nitrogens with zero attached hydrogens (tertiary/aromatic N) is 1. The summed E-state index contributed by atoms with van der Waals surface area (Å²) in [7, 11) is 0. The fourth-order valence-corrected chi connectivity index (χ4v) is 5.33. The largest absolute Gasteiger partial charge is 0.386 e. The Bertz CT molecular complexity index is 561. The summed E-state index contributed by atoms with van der Waals surface area (Å²) >= 11 is 0. The van der Waals surface area contributed by atoms with Crippen molar-refractivity contribution in [3.63, 3.8) is 0 Å². The molecule has 4 heteroatoms. The van der Waals surface area contributed by atoms with Crippen molar-refractivity contribution in [3.8, 4) is 0 Å². The lowest BCUT2D eigenvalue weighted by Crippen LogP contribution is -2.60. The lowest BCUT2D eigenvalue weighted by atomic mass is 9.53. The highest BCUT2D eigenvalue weighted by atomic mass is 16.6. The van der Waals surface area contributed by atoms with E-state index in [1.807, 2.05) is 30.3 Å². The first-order valence-electron chi connectivity index (χ1n) is 8.72. The maximum absolute atomic E-state index is 12.2. The van der Waals surface area contributed by atoms with E-state index in [-0.39, 0.29) is 18.1 Å². The third-order valence-corrected chi connectivity index (χ3v) is 5.71. The van der Waals surface area contributed by atoms with E-state index < -0.39 is 0 Å². The van der Waals surface area contributed by atoms with Gasteiger partial charge in [0.25, 0.3) is 5.91 Å². The molecule has 122 valence electrons. The Balaban J connectivity index is 1.28. The number of nitrogens with one attached hydrogen (secondary N) is 1. The Hall–Kier alpha value is -1.84. The monoisotopic (exact) mass is 312 g/mol. The van der Waals surface area contributed by atoms with Gasteiger partial charge in [-0.25, -0.2) is 0 Å². The number of oxime groups is 1. The zero-order chi connectivity index (χ0) is 15.7. The Kier molecular flexibility index (Phi) is 3.83. The summed E-state index contributed by atoms with van der Waals surface area (Å²) in [6.45, 7) is 0.00504. The molecule has 23 heavy (non-hydrogen) atoms. The molecule has 4 nitrogen and oxygen atoms in total. The number of amides is 1. The molecule has 0 saturated heterocycles. The maximum atomic E-state index is 12.2. The third kappa shape index (κ3) is 3.26. The molecule has 4 bridgehead atoms. The second kappa shape index (κ2) is 5.99. The highest BCUT2D eigenvalue weighted by Crippen LogP contribution is 2.55. The topological polar surface area (TPSA) is 50.7 Å². The van der Waals surface area contributed by atoms with Gasteiger partial charge in [0.1, 0.15) is 0 Å². The van der Waals surface area contributed by atoms with Crippen molar-refractivity contribution in [2.75, 3.05) is 6.61 Å². The fraction of sp³-hybridized carbons (Fsp3) is 0.579. The van der Waals surface area contributed by atoms with E-state index in [9.17, 15) is 4.79 Å². The van der Waals surface area contributed by atoms with Crippen molar-refractivity contribution < 1.29 is 9.63 Å². The number of hydrogen-bond acceptors (Lipinski definition) is 3. The molecule has 5 rings (SSSR count). The van der Waals surface area contributed by atoms with Crippen LogP contribution in [-0.2, 0) is 9.63 Å². The SMILES string of the molecule is O=C(CO/N=C\c1ccccc1)NC12CC3CC(CC(C3)C1)C2. The standard InChI is InChI=1S/C19H24N2O2/c22-18(13-23-20-12-14-4-2-1-3-5-14)21-19-9-15-6-16(10-19)8-17(7-15)11-19/h1-5,12,15-17H,6-11,13H2,(H,21,22)/b20-12-. The minimum atomic E-state index is -0.0304. The predicted octanol–water partition coefficient (Wildman–Crippen LogP) is 3.12. The van der Waals surface area contributed by atoms with E-state index in [1.165, 1.54) is 38.5 Å². The summed E-state index contributed by atoms with van der Waals surface area (Å²) in [4.78, 5) is 17.4. The second-order valence-corrected chi connectivity index (χ2v) is 7.66. The molecule has 0 unspecified atom stereocenters. The summed E-state index contributed by atoms with van der Waals surface area (Å²) in [6, 6.07) is 9.74. The predicted molar refractivity (Wildman–Crippen MR) is 89.0 cm³/mol. The first kappa shape index (κ1) is 14.7. The van der Waals surface area contributed by atoms with Crippen LogP contribution in [0.4, 0.5) is 0 Å². The lowest BCUT2D eigenvalue weighted by Gasteiger charge is -2.56. The van der Waals surface area contributed by atoms with Crippen LogP contribution in [0, 0.1) is 17.8 Å². The molecule has 4 saturated carbocycles. The van der Waals surface area contributed by atoms with Crippen molar-refractivity contribution in [2.24, 2.45) is 22.9 Å². The van der Waals surface area contributed by atoms with Crippen LogP contribution in [0.3, 0.4) is 0 Å². The smallest absolute Gasteiger partial charge is 0.261 e. The second-order valence-electron chi connectivity index (χ2n) is 7.66. The van der Waals surface area contributed by atoms with Gasteiger partial charge in [-0.15, -0.1) is 0 Å². The van der Waals surface area contributed by atoms with Gasteiger partial charge in [0.2, 0.25) is 0 Å². The Morgan fingerprint density at radius 2 is 1.74 bits per heavy atom. The normalized spacial score (nSPS) is 34.7. The van der Waals surface area contributed by atoms with Crippen LogP contribution in [0.25, 0.3) is 0 Å². The molecular weight excluding hydrogens is 288 g/mol. The van der Waals surface area contributed by atoms with Gasteiger partial charge in [-0.3, -0.25) is 4.79 Å². The van der Waals surface area contributed by atoms with Gasteiger partial charge in [-0.2, -0.15) is 0 Å². The number of benzene rings is 1. The van der Waals surface area contributed by atoms with Crippen LogP contribution in [0.5, 0.6) is 0 Å². The average Bonchev–Trinajstić information content (AvgIpc) is 2.51. The third-order valence-electron chi connectivity index (χ3n) is 5.71. The maximum Gasteiger partial charge on any atom is 0.261 e. The van der Waals surface area contributed by atoms with Crippen molar-refractivity contribution in [1.29, 1.82) is 0 Å². The molecule has 4 aliphatic rings. The molecule has 0 aromatic heterocycles. The Morgan fingerprint density at radius 1 is 1.13 bits per heavy atom. The minimum Gasteiger partial charge on any atom is -0.386 e. The van der Waals surface area contributed by atoms with Crippen molar-refractivity contribution in [3.05, 3.63) is 35.9 Å². The highest BCUT2D eigenvalue weighted by Gasteiger charge is 2.51. The summed E-state index contributed by atoms with van der Waals surface area (Å²) in [5.41, 5.74) is 1.02. The Labute approximate surface area is 137 Å². The Morgan fingerprint density at radius 3 is 2.35 bits per heavy atom. The zero-order valence-electron chi connectivity index (χ0n) is 13.4. The molecule has 4 aliphatic carbocycles. The van der Waals surface area contributed by atoms with Gasteiger partial charge >= 0.3 is 0 Å². The summed E-state index contributed by atoms with van der Waals surface area (Å²) in [5, 5.41) is 7.18. The average molecular weight is 312 g/mol. The van der Waals surface area contributed by atoms with E-state index in [0.717, 1.165) is 23.3 Å². The van der Waals surface area contributed by atoms with Crippen molar-refractivity contribution >= 4 is 12.1 Å². The molecule has 0 spiro atoms. The first-order chi connectivity index (χ1) is 11.2. The quantitative estimate of drug-likeness (QED) is 0.671. The van der Waals surface area contributed by atoms with Gasteiger partial charge in [0.15, 0.2) is 6.61 Å². The van der Waals surface area contributed by atoms with Crippen LogP contribution in [0.15, 0.2) is 35.5 Å². The molecule has 0 atom stereocenters. The molecule has 1 aromatic rings. The fourth-order valence-electron chi connectivity index (χ4n) is 5.33. The summed E-state index contributed by atoms with van der Waals surface area (Å²) < 4.78 is 0. The molecule has 1 N–H and O–H groups in total. The molecule has 1 amide bonds. The molecular formula is C19H24N2O2. The number of hydrogen-bond donors (Lipinski definition) is 1. The molecule has 0 radical (unpaired) electrons. The van der Waals surface area contributed by atoms with Crippen LogP contribution in [0.1, 0.15) is 44.1 Å². The molecule has 1 aromatic carbocycles. The van der Waals surface area contributed by atoms with Gasteiger partial charge in [-0.1, -0.05) is 35.5 Å². The van der Waals surface area contributed by atoms with Crippen LogP contribution < -0.4 is 5.32 Å². The van der Waals surface area contributed by atoms with Crippen LogP contribution in [0.2, 0.25) is 0 Å². The van der Waals surface area contributed by atoms with Crippen LogP contribution >= 0.6 is 0 Å². The highest BCUT2D eigenvalue weighted by molar-refractivity contribution is 5.80. The molecule has 4 fully saturated rings. The van der Waals surface area contributed by atoms with E-state index >= 15 is 0 Å².